The molecule has 23 heavy (non-hydrogen) atoms. The van der Waals surface area contributed by atoms with E-state index >= 15 is 0 Å². The standard InChI is InChI=1S/C18H28N2O3/c1-13(18(22)23)12-15-6-8-16(9-7-15)14(2)17(21)19-10-5-11-20(3)4/h6-9,13-14H,5,10-12H2,1-4H3,(H,19,21)(H,22,23)/t13?,14-/m1/s1. The van der Waals surface area contributed by atoms with Gasteiger partial charge in [-0.3, -0.25) is 9.59 Å². The number of carboxylic acids is 1. The molecule has 128 valence electrons. The van der Waals surface area contributed by atoms with Crippen molar-refractivity contribution in [1.82, 2.24) is 10.2 Å². The van der Waals surface area contributed by atoms with E-state index in [4.69, 9.17) is 5.11 Å². The van der Waals surface area contributed by atoms with Crippen molar-refractivity contribution < 1.29 is 14.7 Å². The largest absolute Gasteiger partial charge is 0.481 e. The second-order valence-electron chi connectivity index (χ2n) is 6.35. The van der Waals surface area contributed by atoms with E-state index in [9.17, 15) is 9.59 Å². The van der Waals surface area contributed by atoms with Gasteiger partial charge in [-0.1, -0.05) is 31.2 Å². The van der Waals surface area contributed by atoms with Gasteiger partial charge < -0.3 is 15.3 Å². The molecule has 0 fully saturated rings. The molecule has 5 nitrogen and oxygen atoms in total. The Kier molecular flexibility index (Phi) is 7.75. The maximum absolute atomic E-state index is 12.1. The number of carbonyl (C=O) groups excluding carboxylic acids is 1. The smallest absolute Gasteiger partial charge is 0.306 e. The Balaban J connectivity index is 2.51. The number of amides is 1. The van der Waals surface area contributed by atoms with Gasteiger partial charge in [-0.25, -0.2) is 0 Å². The summed E-state index contributed by atoms with van der Waals surface area (Å²) in [6.07, 6.45) is 1.43. The van der Waals surface area contributed by atoms with Gasteiger partial charge in [0, 0.05) is 6.54 Å². The van der Waals surface area contributed by atoms with Crippen LogP contribution in [0.3, 0.4) is 0 Å². The molecular weight excluding hydrogens is 292 g/mol. The van der Waals surface area contributed by atoms with Crippen LogP contribution in [0.1, 0.15) is 37.3 Å². The Morgan fingerprint density at radius 3 is 2.30 bits per heavy atom. The summed E-state index contributed by atoms with van der Waals surface area (Å²) in [5, 5.41) is 11.9. The Bertz CT molecular complexity index is 512. The van der Waals surface area contributed by atoms with Crippen LogP contribution in [0.5, 0.6) is 0 Å². The van der Waals surface area contributed by atoms with E-state index < -0.39 is 11.9 Å². The highest BCUT2D eigenvalue weighted by atomic mass is 16.4. The maximum Gasteiger partial charge on any atom is 0.306 e. The molecule has 2 atom stereocenters. The summed E-state index contributed by atoms with van der Waals surface area (Å²) in [7, 11) is 4.02. The first kappa shape index (κ1) is 19.2. The van der Waals surface area contributed by atoms with Crippen molar-refractivity contribution >= 4 is 11.9 Å². The molecule has 0 aliphatic rings. The Morgan fingerprint density at radius 1 is 1.17 bits per heavy atom. The van der Waals surface area contributed by atoms with Gasteiger partial charge in [0.25, 0.3) is 0 Å². The van der Waals surface area contributed by atoms with Gasteiger partial charge in [-0.15, -0.1) is 0 Å². The highest BCUT2D eigenvalue weighted by Gasteiger charge is 2.16. The number of hydrogen-bond acceptors (Lipinski definition) is 3. The van der Waals surface area contributed by atoms with E-state index in [0.717, 1.165) is 24.1 Å². The number of rotatable bonds is 9. The van der Waals surface area contributed by atoms with E-state index in [-0.39, 0.29) is 11.8 Å². The monoisotopic (exact) mass is 320 g/mol. The number of carboxylic acid groups (broad SMARTS) is 1. The summed E-state index contributed by atoms with van der Waals surface area (Å²) in [6.45, 7) is 5.21. The zero-order valence-corrected chi connectivity index (χ0v) is 14.5. The quantitative estimate of drug-likeness (QED) is 0.684. The molecule has 0 spiro atoms. The van der Waals surface area contributed by atoms with E-state index in [1.54, 1.807) is 6.92 Å². The third-order valence-electron chi connectivity index (χ3n) is 3.92. The molecule has 2 N–H and O–H groups in total. The minimum absolute atomic E-state index is 0.0235. The molecule has 1 aromatic rings. The van der Waals surface area contributed by atoms with Crippen LogP contribution < -0.4 is 5.32 Å². The highest BCUT2D eigenvalue weighted by Crippen LogP contribution is 2.18. The van der Waals surface area contributed by atoms with Crippen LogP contribution in [0, 0.1) is 5.92 Å². The molecule has 0 radical (unpaired) electrons. The van der Waals surface area contributed by atoms with Crippen molar-refractivity contribution in [3.05, 3.63) is 35.4 Å². The zero-order chi connectivity index (χ0) is 17.4. The van der Waals surface area contributed by atoms with Gasteiger partial charge in [0.15, 0.2) is 0 Å². The third kappa shape index (κ3) is 6.82. The number of nitrogens with zero attached hydrogens (tertiary/aromatic N) is 1. The zero-order valence-electron chi connectivity index (χ0n) is 14.5. The van der Waals surface area contributed by atoms with Crippen molar-refractivity contribution in [3.8, 4) is 0 Å². The fraction of sp³-hybridized carbons (Fsp3) is 0.556. The average Bonchev–Trinajstić information content (AvgIpc) is 2.51. The molecule has 0 heterocycles. The molecule has 0 bridgehead atoms. The summed E-state index contributed by atoms with van der Waals surface area (Å²) in [4.78, 5) is 25.1. The van der Waals surface area contributed by atoms with Crippen molar-refractivity contribution in [3.63, 3.8) is 0 Å². The van der Waals surface area contributed by atoms with E-state index in [0.29, 0.717) is 13.0 Å². The van der Waals surface area contributed by atoms with Gasteiger partial charge in [-0.05, 0) is 51.5 Å². The van der Waals surface area contributed by atoms with E-state index in [1.165, 1.54) is 0 Å². The fourth-order valence-electron chi connectivity index (χ4n) is 2.29. The van der Waals surface area contributed by atoms with Crippen LogP contribution in [0.15, 0.2) is 24.3 Å². The van der Waals surface area contributed by atoms with Crippen LogP contribution in [-0.2, 0) is 16.0 Å². The molecule has 0 saturated carbocycles. The lowest BCUT2D eigenvalue weighted by Crippen LogP contribution is -2.30. The molecule has 0 aliphatic heterocycles. The van der Waals surface area contributed by atoms with Crippen LogP contribution in [0.2, 0.25) is 0 Å². The van der Waals surface area contributed by atoms with Crippen molar-refractivity contribution in [2.45, 2.75) is 32.6 Å². The van der Waals surface area contributed by atoms with Gasteiger partial charge in [0.1, 0.15) is 0 Å². The van der Waals surface area contributed by atoms with Crippen molar-refractivity contribution in [1.29, 1.82) is 0 Å². The molecular formula is C18H28N2O3. The van der Waals surface area contributed by atoms with E-state index in [1.807, 2.05) is 45.3 Å². The Hall–Kier alpha value is -1.88. The fourth-order valence-corrected chi connectivity index (χ4v) is 2.29. The molecule has 1 aromatic carbocycles. The van der Waals surface area contributed by atoms with Gasteiger partial charge in [0.05, 0.1) is 11.8 Å². The first-order valence-electron chi connectivity index (χ1n) is 8.05. The summed E-state index contributed by atoms with van der Waals surface area (Å²) in [6, 6.07) is 7.64. The lowest BCUT2D eigenvalue weighted by Gasteiger charge is -2.14. The van der Waals surface area contributed by atoms with E-state index in [2.05, 4.69) is 10.2 Å². The third-order valence-corrected chi connectivity index (χ3v) is 3.92. The molecule has 1 amide bonds. The summed E-state index contributed by atoms with van der Waals surface area (Å²) in [5.74, 6) is -1.38. The summed E-state index contributed by atoms with van der Waals surface area (Å²) in [5.41, 5.74) is 1.92. The Labute approximate surface area is 138 Å². The highest BCUT2D eigenvalue weighted by molar-refractivity contribution is 5.83. The SMILES string of the molecule is CC(Cc1ccc([C@@H](C)C(=O)NCCCN(C)C)cc1)C(=O)O. The second-order valence-corrected chi connectivity index (χ2v) is 6.35. The van der Waals surface area contributed by atoms with Gasteiger partial charge in [0.2, 0.25) is 5.91 Å². The first-order valence-corrected chi connectivity index (χ1v) is 8.05. The number of carbonyl (C=O) groups is 2. The minimum atomic E-state index is -0.792. The van der Waals surface area contributed by atoms with Crippen molar-refractivity contribution in [2.75, 3.05) is 27.2 Å². The van der Waals surface area contributed by atoms with Crippen LogP contribution >= 0.6 is 0 Å². The van der Waals surface area contributed by atoms with Gasteiger partial charge in [-0.2, -0.15) is 0 Å². The summed E-state index contributed by atoms with van der Waals surface area (Å²) >= 11 is 0. The Morgan fingerprint density at radius 2 is 1.78 bits per heavy atom. The molecule has 0 aliphatic carbocycles. The normalized spacial score (nSPS) is 13.6. The first-order chi connectivity index (χ1) is 10.8. The second kappa shape index (κ2) is 9.30. The summed E-state index contributed by atoms with van der Waals surface area (Å²) < 4.78 is 0. The number of aliphatic carboxylic acids is 1. The van der Waals surface area contributed by atoms with Crippen LogP contribution in [0.25, 0.3) is 0 Å². The predicted molar refractivity (Wildman–Crippen MR) is 91.5 cm³/mol. The lowest BCUT2D eigenvalue weighted by molar-refractivity contribution is -0.141. The average molecular weight is 320 g/mol. The number of benzene rings is 1. The van der Waals surface area contributed by atoms with Crippen molar-refractivity contribution in [2.24, 2.45) is 5.92 Å². The molecule has 1 rings (SSSR count). The topological polar surface area (TPSA) is 69.6 Å². The maximum atomic E-state index is 12.1. The lowest BCUT2D eigenvalue weighted by atomic mass is 9.96. The number of nitrogens with one attached hydrogen (secondary N) is 1. The molecule has 0 saturated heterocycles. The molecule has 1 unspecified atom stereocenters. The molecule has 0 aromatic heterocycles. The van der Waals surface area contributed by atoms with Crippen LogP contribution in [0.4, 0.5) is 0 Å². The predicted octanol–water partition coefficient (Wildman–Crippen LogP) is 2.12. The van der Waals surface area contributed by atoms with Gasteiger partial charge >= 0.3 is 5.97 Å². The molecule has 5 heteroatoms. The number of hydrogen-bond donors (Lipinski definition) is 2. The van der Waals surface area contributed by atoms with Crippen LogP contribution in [-0.4, -0.2) is 49.1 Å². The minimum Gasteiger partial charge on any atom is -0.481 e.